The first-order chi connectivity index (χ1) is 11.5. The lowest BCUT2D eigenvalue weighted by molar-refractivity contribution is 0.0947. The summed E-state index contributed by atoms with van der Waals surface area (Å²) in [6, 6.07) is 7.72. The fourth-order valence-electron chi connectivity index (χ4n) is 2.66. The van der Waals surface area contributed by atoms with Gasteiger partial charge in [0.25, 0.3) is 5.91 Å². The molecule has 1 aromatic heterocycles. The number of rotatable bonds is 7. The highest BCUT2D eigenvalue weighted by Gasteiger charge is 2.22. The number of amides is 1. The van der Waals surface area contributed by atoms with Gasteiger partial charge in [0, 0.05) is 6.54 Å². The molecule has 1 amide bonds. The zero-order chi connectivity index (χ0) is 17.7. The van der Waals surface area contributed by atoms with Gasteiger partial charge in [0.15, 0.2) is 0 Å². The van der Waals surface area contributed by atoms with E-state index in [2.05, 4.69) is 31.2 Å². The third kappa shape index (κ3) is 3.78. The van der Waals surface area contributed by atoms with E-state index in [-0.39, 0.29) is 5.91 Å². The van der Waals surface area contributed by atoms with Gasteiger partial charge in [-0.05, 0) is 43.0 Å². The number of methoxy groups -OCH3 is 1. The Morgan fingerprint density at radius 1 is 1.21 bits per heavy atom. The van der Waals surface area contributed by atoms with Crippen molar-refractivity contribution in [2.24, 2.45) is 5.92 Å². The molecule has 1 heterocycles. The van der Waals surface area contributed by atoms with Crippen LogP contribution in [0.25, 0.3) is 5.69 Å². The van der Waals surface area contributed by atoms with Crippen molar-refractivity contribution in [3.8, 4) is 11.4 Å². The minimum atomic E-state index is -0.0304. The van der Waals surface area contributed by atoms with Gasteiger partial charge in [-0.3, -0.25) is 4.79 Å². The highest BCUT2D eigenvalue weighted by Crippen LogP contribution is 2.22. The number of nitrogens with one attached hydrogen (secondary N) is 1. The van der Waals surface area contributed by atoms with Crippen molar-refractivity contribution in [3.63, 3.8) is 0 Å². The predicted octanol–water partition coefficient (Wildman–Crippen LogP) is 3.39. The lowest BCUT2D eigenvalue weighted by Gasteiger charge is -2.10. The molecule has 2 rings (SSSR count). The normalized spacial score (nSPS) is 10.9. The van der Waals surface area contributed by atoms with Crippen LogP contribution < -0.4 is 10.1 Å². The average molecular weight is 329 g/mol. The molecule has 0 atom stereocenters. The van der Waals surface area contributed by atoms with Crippen LogP contribution in [-0.2, 0) is 12.8 Å². The summed E-state index contributed by atoms with van der Waals surface area (Å²) >= 11 is 0. The Balaban J connectivity index is 2.44. The molecule has 5 heteroatoms. The molecule has 0 aliphatic heterocycles. The molecular formula is C19H27N3O2. The molecule has 0 radical (unpaired) electrons. The molecule has 0 saturated carbocycles. The molecule has 0 aliphatic rings. The number of aromatic nitrogens is 2. The van der Waals surface area contributed by atoms with E-state index in [4.69, 9.17) is 4.74 Å². The average Bonchev–Trinajstić information content (AvgIpc) is 2.98. The summed E-state index contributed by atoms with van der Waals surface area (Å²) in [5.74, 6) is 1.19. The van der Waals surface area contributed by atoms with Gasteiger partial charge in [0.05, 0.1) is 29.7 Å². The summed E-state index contributed by atoms with van der Waals surface area (Å²) in [5, 5.41) is 7.71. The summed E-state index contributed by atoms with van der Waals surface area (Å²) in [4.78, 5) is 12.7. The quantitative estimate of drug-likeness (QED) is 0.847. The Kier molecular flexibility index (Phi) is 6.01. The fourth-order valence-corrected chi connectivity index (χ4v) is 2.66. The fraction of sp³-hybridized carbons (Fsp3) is 0.474. The van der Waals surface area contributed by atoms with Gasteiger partial charge < -0.3 is 10.1 Å². The number of carbonyl (C=O) groups is 1. The van der Waals surface area contributed by atoms with Crippen LogP contribution in [-0.4, -0.2) is 29.3 Å². The maximum Gasteiger partial charge on any atom is 0.255 e. The first-order valence-corrected chi connectivity index (χ1v) is 8.55. The largest absolute Gasteiger partial charge is 0.497 e. The second kappa shape index (κ2) is 7.99. The maximum absolute atomic E-state index is 12.7. The molecule has 130 valence electrons. The first kappa shape index (κ1) is 18.0. The number of hydrogen-bond donors (Lipinski definition) is 1. The number of carbonyl (C=O) groups excluding carboxylic acids is 1. The maximum atomic E-state index is 12.7. The van der Waals surface area contributed by atoms with E-state index in [9.17, 15) is 4.79 Å². The number of benzene rings is 1. The van der Waals surface area contributed by atoms with E-state index in [0.717, 1.165) is 41.2 Å². The van der Waals surface area contributed by atoms with Crippen molar-refractivity contribution in [2.75, 3.05) is 13.7 Å². The number of aryl methyl sites for hydroxylation is 1. The van der Waals surface area contributed by atoms with E-state index >= 15 is 0 Å². The zero-order valence-electron chi connectivity index (χ0n) is 15.2. The van der Waals surface area contributed by atoms with Gasteiger partial charge in [-0.15, -0.1) is 0 Å². The van der Waals surface area contributed by atoms with Crippen molar-refractivity contribution < 1.29 is 9.53 Å². The van der Waals surface area contributed by atoms with Crippen LogP contribution in [0.4, 0.5) is 0 Å². The third-order valence-corrected chi connectivity index (χ3v) is 3.94. The molecule has 2 aromatic rings. The minimum Gasteiger partial charge on any atom is -0.497 e. The summed E-state index contributed by atoms with van der Waals surface area (Å²) in [6.45, 7) is 8.92. The minimum absolute atomic E-state index is 0.0304. The summed E-state index contributed by atoms with van der Waals surface area (Å²) in [5.41, 5.74) is 3.43. The van der Waals surface area contributed by atoms with Crippen molar-refractivity contribution in [2.45, 2.75) is 40.5 Å². The Hall–Kier alpha value is -2.30. The monoisotopic (exact) mass is 329 g/mol. The summed E-state index contributed by atoms with van der Waals surface area (Å²) in [6.07, 6.45) is 1.46. The molecule has 1 N–H and O–H groups in total. The van der Waals surface area contributed by atoms with E-state index in [1.807, 2.05) is 35.9 Å². The van der Waals surface area contributed by atoms with Crippen LogP contribution in [0.3, 0.4) is 0 Å². The SMILES string of the molecule is CCc1nn(-c2ccc(OC)cc2)c(CC)c1C(=O)NCC(C)C. The molecule has 0 spiro atoms. The lowest BCUT2D eigenvalue weighted by atomic mass is 10.1. The van der Waals surface area contributed by atoms with Crippen LogP contribution in [0.15, 0.2) is 24.3 Å². The van der Waals surface area contributed by atoms with Crippen molar-refractivity contribution in [3.05, 3.63) is 41.2 Å². The first-order valence-electron chi connectivity index (χ1n) is 8.55. The van der Waals surface area contributed by atoms with E-state index in [1.165, 1.54) is 0 Å². The van der Waals surface area contributed by atoms with Gasteiger partial charge in [-0.25, -0.2) is 4.68 Å². The second-order valence-electron chi connectivity index (χ2n) is 6.19. The van der Waals surface area contributed by atoms with Crippen molar-refractivity contribution in [1.82, 2.24) is 15.1 Å². The summed E-state index contributed by atoms with van der Waals surface area (Å²) < 4.78 is 7.09. The van der Waals surface area contributed by atoms with E-state index in [0.29, 0.717) is 12.5 Å². The van der Waals surface area contributed by atoms with Gasteiger partial charge in [-0.2, -0.15) is 5.10 Å². The number of hydrogen-bond acceptors (Lipinski definition) is 3. The molecule has 0 saturated heterocycles. The van der Waals surface area contributed by atoms with Crippen LogP contribution in [0.2, 0.25) is 0 Å². The Morgan fingerprint density at radius 3 is 2.38 bits per heavy atom. The van der Waals surface area contributed by atoms with E-state index in [1.54, 1.807) is 7.11 Å². The standard InChI is InChI=1S/C19H27N3O2/c1-6-16-18(19(23)20-12-13(3)4)17(7-2)22(21-16)14-8-10-15(24-5)11-9-14/h8-11,13H,6-7,12H2,1-5H3,(H,20,23). The zero-order valence-corrected chi connectivity index (χ0v) is 15.2. The van der Waals surface area contributed by atoms with Crippen molar-refractivity contribution in [1.29, 1.82) is 0 Å². The highest BCUT2D eigenvalue weighted by atomic mass is 16.5. The second-order valence-corrected chi connectivity index (χ2v) is 6.19. The van der Waals surface area contributed by atoms with Crippen molar-refractivity contribution >= 4 is 5.91 Å². The number of nitrogens with zero attached hydrogens (tertiary/aromatic N) is 2. The predicted molar refractivity (Wildman–Crippen MR) is 96.0 cm³/mol. The smallest absolute Gasteiger partial charge is 0.255 e. The molecule has 1 aromatic carbocycles. The number of ether oxygens (including phenoxy) is 1. The molecule has 0 aliphatic carbocycles. The van der Waals surface area contributed by atoms with Gasteiger partial charge in [0.1, 0.15) is 5.75 Å². The van der Waals surface area contributed by atoms with Crippen LogP contribution in [0.1, 0.15) is 49.4 Å². The Bertz CT molecular complexity index is 687. The van der Waals surface area contributed by atoms with Gasteiger partial charge in [-0.1, -0.05) is 27.7 Å². The Morgan fingerprint density at radius 2 is 1.88 bits per heavy atom. The molecule has 24 heavy (non-hydrogen) atoms. The highest BCUT2D eigenvalue weighted by molar-refractivity contribution is 5.96. The van der Waals surface area contributed by atoms with Gasteiger partial charge >= 0.3 is 0 Å². The molecule has 0 unspecified atom stereocenters. The Labute approximate surface area is 144 Å². The lowest BCUT2D eigenvalue weighted by Crippen LogP contribution is -2.28. The topological polar surface area (TPSA) is 56.2 Å². The van der Waals surface area contributed by atoms with Gasteiger partial charge in [0.2, 0.25) is 0 Å². The van der Waals surface area contributed by atoms with Crippen LogP contribution >= 0.6 is 0 Å². The third-order valence-electron chi connectivity index (χ3n) is 3.94. The van der Waals surface area contributed by atoms with Crippen LogP contribution in [0, 0.1) is 5.92 Å². The molecule has 0 bridgehead atoms. The van der Waals surface area contributed by atoms with E-state index < -0.39 is 0 Å². The molecule has 5 nitrogen and oxygen atoms in total. The molecular weight excluding hydrogens is 302 g/mol. The molecule has 0 fully saturated rings. The summed E-state index contributed by atoms with van der Waals surface area (Å²) in [7, 11) is 1.65. The van der Waals surface area contributed by atoms with Crippen LogP contribution in [0.5, 0.6) is 5.75 Å².